The molecule has 0 aliphatic carbocycles. The molecule has 2 aliphatic rings. The van der Waals surface area contributed by atoms with Gasteiger partial charge in [0.05, 0.1) is 34.1 Å². The van der Waals surface area contributed by atoms with Crippen LogP contribution in [0.3, 0.4) is 0 Å². The average Bonchev–Trinajstić information content (AvgIpc) is 3.22. The highest BCUT2D eigenvalue weighted by Crippen LogP contribution is 2.55. The highest BCUT2D eigenvalue weighted by molar-refractivity contribution is 8.00. The van der Waals surface area contributed by atoms with Crippen LogP contribution in [0.15, 0.2) is 202 Å². The van der Waals surface area contributed by atoms with Gasteiger partial charge in [-0.15, -0.1) is 0 Å². The number of para-hydroxylation sites is 6. The predicted molar refractivity (Wildman–Crippen MR) is 216 cm³/mol. The van der Waals surface area contributed by atoms with Gasteiger partial charge in [0.1, 0.15) is 0 Å². The molecule has 246 valence electrons. The van der Waals surface area contributed by atoms with E-state index in [1.54, 1.807) is 0 Å². The predicted octanol–water partition coefficient (Wildman–Crippen LogP) is 13.3. The van der Waals surface area contributed by atoms with Gasteiger partial charge in [-0.25, -0.2) is 0 Å². The molecule has 52 heavy (non-hydrogen) atoms. The summed E-state index contributed by atoms with van der Waals surface area (Å²) < 4.78 is 0. The molecule has 10 rings (SSSR count). The molecule has 6 aromatic carbocycles. The van der Waals surface area contributed by atoms with E-state index >= 15 is 0 Å². The smallest absolute Gasteiger partial charge is 0.0601 e. The number of anilines is 6. The SMILES string of the molecule is c1ccc2c(c1)Sc1ccccc1N2c1ccccc1-c1ccncc1-c1cnccc1-c1ccccc1N1c2ccccc2Sc2ccccc21. The zero-order valence-corrected chi connectivity index (χ0v) is 29.6. The number of pyridine rings is 2. The summed E-state index contributed by atoms with van der Waals surface area (Å²) in [5.41, 5.74) is 13.4. The molecular formula is C46H30N4S2. The Balaban J connectivity index is 1.16. The molecule has 4 nitrogen and oxygen atoms in total. The van der Waals surface area contributed by atoms with Crippen molar-refractivity contribution in [1.82, 2.24) is 9.97 Å². The minimum Gasteiger partial charge on any atom is -0.308 e. The lowest BCUT2D eigenvalue weighted by molar-refractivity contribution is 1.16. The molecular weight excluding hydrogens is 673 g/mol. The number of fused-ring (bicyclic) bond motifs is 4. The van der Waals surface area contributed by atoms with Gasteiger partial charge in [-0.05, 0) is 83.9 Å². The Labute approximate surface area is 311 Å². The lowest BCUT2D eigenvalue weighted by Crippen LogP contribution is -2.16. The summed E-state index contributed by atoms with van der Waals surface area (Å²) in [6.07, 6.45) is 7.77. The number of benzene rings is 6. The van der Waals surface area contributed by atoms with E-state index in [2.05, 4.69) is 168 Å². The normalized spacial score (nSPS) is 12.8. The highest BCUT2D eigenvalue weighted by Gasteiger charge is 2.29. The number of hydrogen-bond donors (Lipinski definition) is 0. The summed E-state index contributed by atoms with van der Waals surface area (Å²) in [5, 5.41) is 0. The van der Waals surface area contributed by atoms with E-state index in [1.807, 2.05) is 48.3 Å². The third-order valence-corrected chi connectivity index (χ3v) is 11.9. The van der Waals surface area contributed by atoms with Crippen molar-refractivity contribution in [3.63, 3.8) is 0 Å². The third kappa shape index (κ3) is 5.10. The molecule has 0 saturated heterocycles. The van der Waals surface area contributed by atoms with Crippen molar-refractivity contribution in [2.45, 2.75) is 19.6 Å². The molecule has 0 unspecified atom stereocenters. The average molecular weight is 703 g/mol. The first-order chi connectivity index (χ1) is 25.8. The van der Waals surface area contributed by atoms with Gasteiger partial charge in [-0.2, -0.15) is 0 Å². The fourth-order valence-electron chi connectivity index (χ4n) is 7.41. The van der Waals surface area contributed by atoms with E-state index in [-0.39, 0.29) is 0 Å². The minimum atomic E-state index is 1.02. The Morgan fingerprint density at radius 2 is 0.596 bits per heavy atom. The summed E-state index contributed by atoms with van der Waals surface area (Å²) >= 11 is 3.64. The molecule has 0 saturated carbocycles. The zero-order valence-electron chi connectivity index (χ0n) is 27.9. The third-order valence-electron chi connectivity index (χ3n) is 9.67. The van der Waals surface area contributed by atoms with E-state index in [9.17, 15) is 0 Å². The van der Waals surface area contributed by atoms with Crippen LogP contribution in [0.1, 0.15) is 0 Å². The lowest BCUT2D eigenvalue weighted by atomic mass is 9.90. The second-order valence-corrected chi connectivity index (χ2v) is 14.8. The van der Waals surface area contributed by atoms with Crippen LogP contribution in [0.25, 0.3) is 33.4 Å². The van der Waals surface area contributed by atoms with E-state index in [0.717, 1.165) is 44.8 Å². The van der Waals surface area contributed by atoms with E-state index in [0.29, 0.717) is 0 Å². The standard InChI is InChI=1S/C46H30N4S2/c1-3-15-37(49-39-17-5-9-21-43(39)51-44-22-10-6-18-40(44)49)33(13-1)31-25-27-47-29-35(31)36-30-48-28-26-32(36)34-14-2-4-16-38(34)50-41-19-7-11-23-45(41)52-46-24-12-8-20-42(46)50/h1-30H. The van der Waals surface area contributed by atoms with E-state index < -0.39 is 0 Å². The van der Waals surface area contributed by atoms with Crippen molar-refractivity contribution in [2.75, 3.05) is 9.80 Å². The van der Waals surface area contributed by atoms with Crippen molar-refractivity contribution in [1.29, 1.82) is 0 Å². The number of nitrogens with zero attached hydrogens (tertiary/aromatic N) is 4. The summed E-state index contributed by atoms with van der Waals surface area (Å²) in [5.74, 6) is 0. The Hall–Kier alpha value is -6.08. The molecule has 2 aliphatic heterocycles. The Morgan fingerprint density at radius 3 is 0.962 bits per heavy atom. The molecule has 4 heterocycles. The summed E-state index contributed by atoms with van der Waals surface area (Å²) in [6, 6.07) is 56.4. The summed E-state index contributed by atoms with van der Waals surface area (Å²) in [6.45, 7) is 0. The van der Waals surface area contributed by atoms with E-state index in [4.69, 9.17) is 9.97 Å². The van der Waals surface area contributed by atoms with Gasteiger partial charge < -0.3 is 9.80 Å². The van der Waals surface area contributed by atoms with Crippen LogP contribution in [0.5, 0.6) is 0 Å². The maximum Gasteiger partial charge on any atom is 0.0601 e. The summed E-state index contributed by atoms with van der Waals surface area (Å²) in [7, 11) is 0. The van der Waals surface area contributed by atoms with Crippen LogP contribution < -0.4 is 9.80 Å². The van der Waals surface area contributed by atoms with Gasteiger partial charge in [0.25, 0.3) is 0 Å². The minimum absolute atomic E-state index is 1.02. The van der Waals surface area contributed by atoms with Crippen molar-refractivity contribution < 1.29 is 0 Å². The number of rotatable bonds is 5. The van der Waals surface area contributed by atoms with Crippen LogP contribution in [-0.4, -0.2) is 9.97 Å². The van der Waals surface area contributed by atoms with Gasteiger partial charge in [-0.1, -0.05) is 108 Å². The van der Waals surface area contributed by atoms with Crippen LogP contribution in [0.4, 0.5) is 34.1 Å². The first-order valence-corrected chi connectivity index (χ1v) is 18.9. The molecule has 0 fully saturated rings. The van der Waals surface area contributed by atoms with E-state index in [1.165, 1.54) is 42.3 Å². The van der Waals surface area contributed by atoms with Crippen LogP contribution in [0, 0.1) is 0 Å². The van der Waals surface area contributed by atoms with Crippen LogP contribution in [0.2, 0.25) is 0 Å². The fraction of sp³-hybridized carbons (Fsp3) is 0. The van der Waals surface area contributed by atoms with Crippen LogP contribution >= 0.6 is 23.5 Å². The molecule has 0 N–H and O–H groups in total. The largest absolute Gasteiger partial charge is 0.308 e. The van der Waals surface area contributed by atoms with Gasteiger partial charge in [-0.3, -0.25) is 9.97 Å². The first kappa shape index (κ1) is 30.7. The number of hydrogen-bond acceptors (Lipinski definition) is 6. The molecule has 0 bridgehead atoms. The topological polar surface area (TPSA) is 32.3 Å². The highest BCUT2D eigenvalue weighted by atomic mass is 32.2. The van der Waals surface area contributed by atoms with Gasteiger partial charge in [0, 0.05) is 66.6 Å². The summed E-state index contributed by atoms with van der Waals surface area (Å²) in [4.78, 5) is 19.2. The molecule has 0 spiro atoms. The Morgan fingerprint density at radius 1 is 0.288 bits per heavy atom. The molecule has 0 atom stereocenters. The maximum atomic E-state index is 4.71. The molecule has 6 heteroatoms. The Kier molecular flexibility index (Phi) is 7.63. The van der Waals surface area contributed by atoms with Crippen molar-refractivity contribution in [2.24, 2.45) is 0 Å². The number of aromatic nitrogens is 2. The van der Waals surface area contributed by atoms with Crippen molar-refractivity contribution >= 4 is 57.6 Å². The zero-order chi connectivity index (χ0) is 34.4. The molecule has 0 radical (unpaired) electrons. The maximum absolute atomic E-state index is 4.71. The molecule has 2 aromatic heterocycles. The van der Waals surface area contributed by atoms with Gasteiger partial charge >= 0.3 is 0 Å². The monoisotopic (exact) mass is 702 g/mol. The fourth-order valence-corrected chi connectivity index (χ4v) is 9.52. The van der Waals surface area contributed by atoms with Crippen molar-refractivity contribution in [3.8, 4) is 33.4 Å². The van der Waals surface area contributed by atoms with Crippen molar-refractivity contribution in [3.05, 3.63) is 183 Å². The molecule has 8 aromatic rings. The van der Waals surface area contributed by atoms with Gasteiger partial charge in [0.2, 0.25) is 0 Å². The van der Waals surface area contributed by atoms with Crippen LogP contribution in [-0.2, 0) is 0 Å². The lowest BCUT2D eigenvalue weighted by Gasteiger charge is -2.34. The quantitative estimate of drug-likeness (QED) is 0.178. The second kappa shape index (κ2) is 12.9. The molecule has 0 amide bonds. The Bertz CT molecular complexity index is 2360. The second-order valence-electron chi connectivity index (χ2n) is 12.6. The van der Waals surface area contributed by atoms with Gasteiger partial charge in [0.15, 0.2) is 0 Å². The first-order valence-electron chi connectivity index (χ1n) is 17.2.